The lowest BCUT2D eigenvalue weighted by Crippen LogP contribution is -2.51. The maximum Gasteiger partial charge on any atom is 0.245 e. The summed E-state index contributed by atoms with van der Waals surface area (Å²) in [6, 6.07) is 9.69. The van der Waals surface area contributed by atoms with Crippen LogP contribution in [0.4, 0.5) is 10.3 Å². The molecule has 2 aromatic heterocycles. The molecule has 2 saturated heterocycles. The summed E-state index contributed by atoms with van der Waals surface area (Å²) in [6.45, 7) is 3.50. The van der Waals surface area contributed by atoms with Crippen LogP contribution >= 0.6 is 0 Å². The van der Waals surface area contributed by atoms with Gasteiger partial charge < -0.3 is 14.9 Å². The van der Waals surface area contributed by atoms with E-state index in [4.69, 9.17) is 0 Å². The molecule has 8 heteroatoms. The number of aromatic nitrogens is 3. The second kappa shape index (κ2) is 8.09. The zero-order valence-electron chi connectivity index (χ0n) is 18.0. The second-order valence-corrected chi connectivity index (χ2v) is 8.69. The van der Waals surface area contributed by atoms with Crippen LogP contribution in [0.5, 0.6) is 0 Å². The Kier molecular flexibility index (Phi) is 5.25. The third-order valence-corrected chi connectivity index (χ3v) is 6.68. The van der Waals surface area contributed by atoms with Gasteiger partial charge >= 0.3 is 0 Å². The molecule has 32 heavy (non-hydrogen) atoms. The van der Waals surface area contributed by atoms with E-state index in [1.54, 1.807) is 12.3 Å². The number of fused-ring (bicyclic) bond motifs is 1. The Hall–Kier alpha value is -3.13. The number of hydrogen-bond donors (Lipinski definition) is 1. The maximum atomic E-state index is 13.6. The van der Waals surface area contributed by atoms with Crippen molar-refractivity contribution in [1.82, 2.24) is 19.9 Å². The Morgan fingerprint density at radius 3 is 2.72 bits per heavy atom. The molecule has 1 amide bonds. The molecule has 2 aliphatic heterocycles. The van der Waals surface area contributed by atoms with Gasteiger partial charge in [0.05, 0.1) is 16.9 Å². The molecule has 0 radical (unpaired) electrons. The van der Waals surface area contributed by atoms with Gasteiger partial charge in [-0.05, 0) is 62.9 Å². The van der Waals surface area contributed by atoms with Crippen LogP contribution in [-0.4, -0.2) is 56.5 Å². The van der Waals surface area contributed by atoms with Crippen molar-refractivity contribution in [2.24, 2.45) is 0 Å². The molecule has 0 aliphatic carbocycles. The summed E-state index contributed by atoms with van der Waals surface area (Å²) in [7, 11) is 0. The Balaban J connectivity index is 1.34. The van der Waals surface area contributed by atoms with E-state index >= 15 is 0 Å². The molecule has 1 atom stereocenters. The van der Waals surface area contributed by atoms with Crippen molar-refractivity contribution in [3.8, 4) is 0 Å². The molecule has 4 heterocycles. The molecule has 7 nitrogen and oxygen atoms in total. The van der Waals surface area contributed by atoms with Crippen molar-refractivity contribution in [2.45, 2.75) is 44.2 Å². The highest BCUT2D eigenvalue weighted by Gasteiger charge is 2.40. The van der Waals surface area contributed by atoms with Gasteiger partial charge in [-0.2, -0.15) is 0 Å². The number of anilines is 1. The number of amides is 1. The third-order valence-electron chi connectivity index (χ3n) is 6.68. The zero-order valence-corrected chi connectivity index (χ0v) is 18.0. The zero-order chi connectivity index (χ0) is 22.3. The largest absolute Gasteiger partial charge is 0.383 e. The molecule has 5 rings (SSSR count). The monoisotopic (exact) mass is 435 g/mol. The molecule has 1 aromatic carbocycles. The summed E-state index contributed by atoms with van der Waals surface area (Å²) >= 11 is 0. The molecule has 0 bridgehead atoms. The molecule has 2 aliphatic rings. The van der Waals surface area contributed by atoms with Crippen molar-refractivity contribution in [3.05, 3.63) is 59.8 Å². The van der Waals surface area contributed by atoms with E-state index in [0.29, 0.717) is 60.7 Å². The highest BCUT2D eigenvalue weighted by atomic mass is 19.1. The summed E-state index contributed by atoms with van der Waals surface area (Å²) in [4.78, 5) is 30.7. The van der Waals surface area contributed by atoms with Gasteiger partial charge in [0, 0.05) is 31.2 Å². The van der Waals surface area contributed by atoms with Crippen LogP contribution in [0.1, 0.15) is 37.1 Å². The van der Waals surface area contributed by atoms with Crippen LogP contribution < -0.4 is 4.90 Å². The highest BCUT2D eigenvalue weighted by Crippen LogP contribution is 2.33. The number of carbonyl (C=O) groups excluding carboxylic acids is 1. The minimum Gasteiger partial charge on any atom is -0.383 e. The number of aryl methyl sites for hydroxylation is 1. The predicted molar refractivity (Wildman–Crippen MR) is 119 cm³/mol. The number of pyridine rings is 1. The number of halogens is 1. The van der Waals surface area contributed by atoms with Crippen molar-refractivity contribution >= 4 is 22.8 Å². The molecule has 2 fully saturated rings. The fourth-order valence-electron chi connectivity index (χ4n) is 4.83. The number of rotatable bonds is 3. The van der Waals surface area contributed by atoms with E-state index in [1.807, 2.05) is 34.9 Å². The first-order chi connectivity index (χ1) is 15.4. The van der Waals surface area contributed by atoms with E-state index in [1.165, 1.54) is 12.1 Å². The average Bonchev–Trinajstić information content (AvgIpc) is 3.30. The topological polar surface area (TPSA) is 82.5 Å². The normalized spacial score (nSPS) is 20.7. The number of nitrogens with zero attached hydrogens (tertiary/aromatic N) is 5. The van der Waals surface area contributed by atoms with Gasteiger partial charge in [-0.1, -0.05) is 6.07 Å². The van der Waals surface area contributed by atoms with Crippen LogP contribution in [0.2, 0.25) is 0 Å². The Bertz CT molecular complexity index is 1150. The van der Waals surface area contributed by atoms with Gasteiger partial charge in [-0.25, -0.2) is 14.4 Å². The van der Waals surface area contributed by atoms with Crippen LogP contribution in [0.3, 0.4) is 0 Å². The van der Waals surface area contributed by atoms with E-state index in [-0.39, 0.29) is 17.8 Å². The first-order valence-corrected chi connectivity index (χ1v) is 11.1. The van der Waals surface area contributed by atoms with E-state index in [0.717, 1.165) is 12.8 Å². The minimum absolute atomic E-state index is 0.0472. The van der Waals surface area contributed by atoms with Gasteiger partial charge in [-0.3, -0.25) is 9.78 Å². The second-order valence-electron chi connectivity index (χ2n) is 8.69. The van der Waals surface area contributed by atoms with Gasteiger partial charge in [0.15, 0.2) is 0 Å². The molecule has 0 spiro atoms. The highest BCUT2D eigenvalue weighted by molar-refractivity contribution is 5.87. The van der Waals surface area contributed by atoms with Crippen molar-refractivity contribution in [1.29, 1.82) is 0 Å². The fraction of sp³-hybridized carbons (Fsp3) is 0.417. The lowest BCUT2D eigenvalue weighted by atomic mass is 9.87. The molecule has 1 N–H and O–H groups in total. The lowest BCUT2D eigenvalue weighted by molar-refractivity contribution is -0.137. The van der Waals surface area contributed by atoms with E-state index < -0.39 is 5.60 Å². The summed E-state index contributed by atoms with van der Waals surface area (Å²) in [5.41, 5.74) is 1.03. The van der Waals surface area contributed by atoms with Crippen molar-refractivity contribution in [3.63, 3.8) is 0 Å². The van der Waals surface area contributed by atoms with Crippen LogP contribution in [0, 0.1) is 12.7 Å². The number of piperidine rings is 1. The summed E-state index contributed by atoms with van der Waals surface area (Å²) in [6.07, 6.45) is 4.22. The number of hydrogen-bond acceptors (Lipinski definition) is 6. The van der Waals surface area contributed by atoms with Crippen LogP contribution in [-0.2, 0) is 10.4 Å². The molecular weight excluding hydrogens is 409 g/mol. The van der Waals surface area contributed by atoms with Crippen LogP contribution in [0.25, 0.3) is 10.9 Å². The summed E-state index contributed by atoms with van der Waals surface area (Å²) in [5, 5.41) is 11.7. The summed E-state index contributed by atoms with van der Waals surface area (Å²) in [5.74, 6) is 0.243. The standard InChI is InChI=1S/C24H26FN5O2/c1-16-18-15-17(25)7-8-19(18)28-23(27-16)30-12-4-5-20(30)22(31)29-13-9-24(32,10-14-29)21-6-2-3-11-26-21/h2-3,6-8,11,15,20,32H,4-5,9-10,12-14H2,1H3. The van der Waals surface area contributed by atoms with Gasteiger partial charge in [-0.15, -0.1) is 0 Å². The van der Waals surface area contributed by atoms with Crippen molar-refractivity contribution in [2.75, 3.05) is 24.5 Å². The number of benzene rings is 1. The fourth-order valence-corrected chi connectivity index (χ4v) is 4.83. The lowest BCUT2D eigenvalue weighted by Gasteiger charge is -2.39. The van der Waals surface area contributed by atoms with Crippen LogP contribution in [0.15, 0.2) is 42.6 Å². The third kappa shape index (κ3) is 3.68. The van der Waals surface area contributed by atoms with Gasteiger partial charge in [0.2, 0.25) is 11.9 Å². The molecular formula is C24H26FN5O2. The molecule has 1 unspecified atom stereocenters. The quantitative estimate of drug-likeness (QED) is 0.681. The summed E-state index contributed by atoms with van der Waals surface area (Å²) < 4.78 is 13.6. The van der Waals surface area contributed by atoms with Crippen molar-refractivity contribution < 1.29 is 14.3 Å². The molecule has 3 aromatic rings. The number of likely N-dealkylation sites (tertiary alicyclic amines) is 1. The predicted octanol–water partition coefficient (Wildman–Crippen LogP) is 2.95. The first-order valence-electron chi connectivity index (χ1n) is 11.1. The Morgan fingerprint density at radius 2 is 1.97 bits per heavy atom. The Morgan fingerprint density at radius 1 is 1.16 bits per heavy atom. The number of carbonyl (C=O) groups is 1. The molecule has 0 saturated carbocycles. The van der Waals surface area contributed by atoms with Gasteiger partial charge in [0.1, 0.15) is 17.5 Å². The van der Waals surface area contributed by atoms with E-state index in [9.17, 15) is 14.3 Å². The average molecular weight is 436 g/mol. The minimum atomic E-state index is -0.999. The first kappa shape index (κ1) is 20.8. The van der Waals surface area contributed by atoms with E-state index in [2.05, 4.69) is 15.0 Å². The maximum absolute atomic E-state index is 13.6. The molecule has 166 valence electrons. The number of aliphatic hydroxyl groups is 1. The smallest absolute Gasteiger partial charge is 0.245 e. The Labute approximate surface area is 185 Å². The SMILES string of the molecule is Cc1nc(N2CCCC2C(=O)N2CCC(O)(c3ccccn3)CC2)nc2ccc(F)cc12. The van der Waals surface area contributed by atoms with Gasteiger partial charge in [0.25, 0.3) is 0 Å².